The van der Waals surface area contributed by atoms with Crippen LogP contribution in [0.5, 0.6) is 5.75 Å². The van der Waals surface area contributed by atoms with Gasteiger partial charge in [0.15, 0.2) is 0 Å². The predicted molar refractivity (Wildman–Crippen MR) is 72.8 cm³/mol. The van der Waals surface area contributed by atoms with Gasteiger partial charge in [0.2, 0.25) is 10.0 Å². The van der Waals surface area contributed by atoms with Crippen molar-refractivity contribution >= 4 is 16.0 Å². The molecule has 0 amide bonds. The minimum absolute atomic E-state index is 0.1000. The molecule has 0 atom stereocenters. The van der Waals surface area contributed by atoms with Gasteiger partial charge in [-0.2, -0.15) is 0 Å². The molecule has 118 valence electrons. The third-order valence-corrected chi connectivity index (χ3v) is 3.96. The van der Waals surface area contributed by atoms with Crippen molar-refractivity contribution in [1.29, 1.82) is 0 Å². The monoisotopic (exact) mass is 319 g/mol. The van der Waals surface area contributed by atoms with Crippen LogP contribution in [0.15, 0.2) is 23.1 Å². The molecule has 8 nitrogen and oxygen atoms in total. The normalized spacial score (nSPS) is 11.5. The molecule has 0 fully saturated rings. The fourth-order valence-corrected chi connectivity index (χ4v) is 2.58. The van der Waals surface area contributed by atoms with E-state index in [0.717, 1.165) is 18.2 Å². The van der Waals surface area contributed by atoms with Crippen LogP contribution in [0.2, 0.25) is 0 Å². The molecule has 21 heavy (non-hydrogen) atoms. The number of hydrogen-bond donors (Lipinski definition) is 4. The van der Waals surface area contributed by atoms with Crippen molar-refractivity contribution in [3.63, 3.8) is 0 Å². The lowest BCUT2D eigenvalue weighted by Gasteiger charge is -2.08. The average molecular weight is 319 g/mol. The van der Waals surface area contributed by atoms with Crippen molar-refractivity contribution in [1.82, 2.24) is 4.72 Å². The smallest absolute Gasteiger partial charge is 0.339 e. The molecule has 4 N–H and O–H groups in total. The predicted octanol–water partition coefficient (Wildman–Crippen LogP) is -0.232. The number of ether oxygens (including phenoxy) is 1. The maximum atomic E-state index is 11.9. The van der Waals surface area contributed by atoms with Crippen LogP contribution in [0.25, 0.3) is 0 Å². The van der Waals surface area contributed by atoms with E-state index in [1.54, 1.807) is 0 Å². The summed E-state index contributed by atoms with van der Waals surface area (Å²) in [6.45, 7) is 0.486. The minimum atomic E-state index is -3.86. The Morgan fingerprint density at radius 3 is 2.62 bits per heavy atom. The summed E-state index contributed by atoms with van der Waals surface area (Å²) in [4.78, 5) is 10.6. The van der Waals surface area contributed by atoms with Crippen LogP contribution < -0.4 is 4.72 Å². The molecule has 9 heteroatoms. The highest BCUT2D eigenvalue weighted by atomic mass is 32.2. The second kappa shape index (κ2) is 7.93. The van der Waals surface area contributed by atoms with E-state index >= 15 is 0 Å². The number of phenols is 1. The molecule has 0 unspecified atom stereocenters. The topological polar surface area (TPSA) is 133 Å². The molecule has 0 radical (unpaired) electrons. The summed E-state index contributed by atoms with van der Waals surface area (Å²) in [5.41, 5.74) is -0.482. The highest BCUT2D eigenvalue weighted by Gasteiger charge is 2.18. The van der Waals surface area contributed by atoms with Gasteiger partial charge in [-0.1, -0.05) is 0 Å². The Balaban J connectivity index is 2.66. The van der Waals surface area contributed by atoms with Crippen LogP contribution in [0, 0.1) is 0 Å². The van der Waals surface area contributed by atoms with Gasteiger partial charge in [0.1, 0.15) is 11.3 Å². The molecule has 1 aromatic carbocycles. The Bertz CT molecular complexity index is 585. The first kappa shape index (κ1) is 17.4. The number of carboxylic acid groups (broad SMARTS) is 1. The highest BCUT2D eigenvalue weighted by Crippen LogP contribution is 2.21. The average Bonchev–Trinajstić information content (AvgIpc) is 2.42. The number of aromatic carboxylic acids is 1. The number of carbonyl (C=O) groups is 1. The quantitative estimate of drug-likeness (QED) is 0.462. The molecule has 0 aliphatic carbocycles. The Kier molecular flexibility index (Phi) is 6.56. The maximum absolute atomic E-state index is 11.9. The van der Waals surface area contributed by atoms with E-state index in [0.29, 0.717) is 13.0 Å². The fraction of sp³-hybridized carbons (Fsp3) is 0.417. The first-order chi connectivity index (χ1) is 9.88. The van der Waals surface area contributed by atoms with E-state index in [1.807, 2.05) is 0 Å². The van der Waals surface area contributed by atoms with Gasteiger partial charge in [0, 0.05) is 13.2 Å². The summed E-state index contributed by atoms with van der Waals surface area (Å²) in [5.74, 6) is -1.92. The van der Waals surface area contributed by atoms with Crippen LogP contribution in [0.3, 0.4) is 0 Å². The summed E-state index contributed by atoms with van der Waals surface area (Å²) in [6, 6.07) is 3.02. The third kappa shape index (κ3) is 5.31. The van der Waals surface area contributed by atoms with Crippen LogP contribution in [0.1, 0.15) is 16.8 Å². The Hall–Kier alpha value is -1.68. The second-order valence-corrected chi connectivity index (χ2v) is 5.84. The summed E-state index contributed by atoms with van der Waals surface area (Å²) >= 11 is 0. The van der Waals surface area contributed by atoms with Crippen molar-refractivity contribution in [2.24, 2.45) is 0 Å². The number of rotatable bonds is 9. The summed E-state index contributed by atoms with van der Waals surface area (Å²) in [7, 11) is -3.86. The summed E-state index contributed by atoms with van der Waals surface area (Å²) in [5, 5.41) is 26.7. The zero-order valence-electron chi connectivity index (χ0n) is 11.2. The van der Waals surface area contributed by atoms with Crippen molar-refractivity contribution < 1.29 is 33.3 Å². The van der Waals surface area contributed by atoms with Gasteiger partial charge in [0.05, 0.1) is 18.1 Å². The van der Waals surface area contributed by atoms with E-state index in [9.17, 15) is 18.3 Å². The van der Waals surface area contributed by atoms with Crippen LogP contribution in [-0.4, -0.2) is 56.1 Å². The van der Waals surface area contributed by atoms with E-state index in [2.05, 4.69) is 4.72 Å². The van der Waals surface area contributed by atoms with Gasteiger partial charge >= 0.3 is 5.97 Å². The highest BCUT2D eigenvalue weighted by molar-refractivity contribution is 7.89. The molecule has 0 bridgehead atoms. The van der Waals surface area contributed by atoms with Gasteiger partial charge in [-0.15, -0.1) is 0 Å². The standard InChI is InChI=1S/C12H17NO7S/c14-5-7-20-6-1-4-13-21(18,19)9-2-3-11(15)10(8-9)12(16)17/h2-3,8,13-15H,1,4-7H2,(H,16,17). The zero-order chi connectivity index (χ0) is 15.9. The molecule has 0 aliphatic heterocycles. The van der Waals surface area contributed by atoms with E-state index in [1.165, 1.54) is 0 Å². The molecule has 1 rings (SSSR count). The van der Waals surface area contributed by atoms with Gasteiger partial charge in [-0.05, 0) is 24.6 Å². The number of carboxylic acids is 1. The van der Waals surface area contributed by atoms with Crippen LogP contribution >= 0.6 is 0 Å². The molecule has 0 saturated carbocycles. The van der Waals surface area contributed by atoms with Crippen molar-refractivity contribution in [2.45, 2.75) is 11.3 Å². The number of nitrogens with one attached hydrogen (secondary N) is 1. The van der Waals surface area contributed by atoms with Crippen LogP contribution in [-0.2, 0) is 14.8 Å². The Morgan fingerprint density at radius 2 is 2.00 bits per heavy atom. The van der Waals surface area contributed by atoms with Gasteiger partial charge in [-0.3, -0.25) is 0 Å². The fourth-order valence-electron chi connectivity index (χ4n) is 1.48. The number of aliphatic hydroxyl groups excluding tert-OH is 1. The number of hydrogen-bond acceptors (Lipinski definition) is 6. The Labute approximate surface area is 122 Å². The molecule has 0 heterocycles. The Morgan fingerprint density at radius 1 is 1.29 bits per heavy atom. The lowest BCUT2D eigenvalue weighted by atomic mass is 10.2. The first-order valence-electron chi connectivity index (χ1n) is 6.13. The number of benzene rings is 1. The molecular formula is C12H17NO7S. The van der Waals surface area contributed by atoms with Gasteiger partial charge < -0.3 is 20.1 Å². The van der Waals surface area contributed by atoms with Crippen molar-refractivity contribution in [3.05, 3.63) is 23.8 Å². The minimum Gasteiger partial charge on any atom is -0.507 e. The molecule has 0 aromatic heterocycles. The lowest BCUT2D eigenvalue weighted by Crippen LogP contribution is -2.26. The number of aliphatic hydroxyl groups is 1. The number of sulfonamides is 1. The van der Waals surface area contributed by atoms with E-state index in [-0.39, 0.29) is 24.7 Å². The van der Waals surface area contributed by atoms with Gasteiger partial charge in [-0.25, -0.2) is 17.9 Å². The van der Waals surface area contributed by atoms with E-state index in [4.69, 9.17) is 14.9 Å². The summed E-state index contributed by atoms with van der Waals surface area (Å²) in [6.07, 6.45) is 0.406. The SMILES string of the molecule is O=C(O)c1cc(S(=O)(=O)NCCCOCCO)ccc1O. The zero-order valence-corrected chi connectivity index (χ0v) is 12.0. The largest absolute Gasteiger partial charge is 0.507 e. The van der Waals surface area contributed by atoms with E-state index < -0.39 is 27.3 Å². The van der Waals surface area contributed by atoms with Gasteiger partial charge in [0.25, 0.3) is 0 Å². The molecule has 0 saturated heterocycles. The maximum Gasteiger partial charge on any atom is 0.339 e. The number of aromatic hydroxyl groups is 1. The molecule has 1 aromatic rings. The molecule has 0 aliphatic rings. The first-order valence-corrected chi connectivity index (χ1v) is 7.61. The molecule has 0 spiro atoms. The summed E-state index contributed by atoms with van der Waals surface area (Å²) < 4.78 is 31.1. The van der Waals surface area contributed by atoms with Crippen LogP contribution in [0.4, 0.5) is 0 Å². The van der Waals surface area contributed by atoms with Crippen molar-refractivity contribution in [2.75, 3.05) is 26.4 Å². The second-order valence-electron chi connectivity index (χ2n) is 4.07. The third-order valence-electron chi connectivity index (χ3n) is 2.50. The molecular weight excluding hydrogens is 302 g/mol. The van der Waals surface area contributed by atoms with Crippen molar-refractivity contribution in [3.8, 4) is 5.75 Å². The lowest BCUT2D eigenvalue weighted by molar-refractivity contribution is 0.0693.